The van der Waals surface area contributed by atoms with Gasteiger partial charge in [0, 0.05) is 6.04 Å². The van der Waals surface area contributed by atoms with Crippen LogP contribution in [0.2, 0.25) is 5.02 Å². The molecule has 0 aliphatic heterocycles. The topological polar surface area (TPSA) is 87.6 Å². The van der Waals surface area contributed by atoms with Crippen LogP contribution in [0.1, 0.15) is 18.9 Å². The fourth-order valence-corrected chi connectivity index (χ4v) is 1.91. The lowest BCUT2D eigenvalue weighted by atomic mass is 10.0. The molecular weight excluding hydrogens is 268 g/mol. The summed E-state index contributed by atoms with van der Waals surface area (Å²) in [6.07, 6.45) is 1.57. The molecule has 0 aromatic heterocycles. The van der Waals surface area contributed by atoms with Crippen LogP contribution in [-0.2, 0) is 11.2 Å². The van der Waals surface area contributed by atoms with Crippen molar-refractivity contribution >= 4 is 17.5 Å². The van der Waals surface area contributed by atoms with Crippen LogP contribution in [0.4, 0.5) is 0 Å². The van der Waals surface area contributed by atoms with E-state index in [1.165, 1.54) is 7.11 Å². The van der Waals surface area contributed by atoms with Crippen LogP contribution in [0.15, 0.2) is 12.1 Å². The second-order valence-corrected chi connectivity index (χ2v) is 4.64. The molecule has 0 spiro atoms. The molecule has 0 bridgehead atoms. The first kappa shape index (κ1) is 15.6. The molecule has 0 heterocycles. The van der Waals surface area contributed by atoms with Crippen LogP contribution in [0.25, 0.3) is 0 Å². The second-order valence-electron chi connectivity index (χ2n) is 4.24. The number of methoxy groups -OCH3 is 1. The highest BCUT2D eigenvalue weighted by Crippen LogP contribution is 2.36. The first-order valence-corrected chi connectivity index (χ1v) is 6.38. The normalized spacial score (nSPS) is 12.0. The molecule has 5 nitrogen and oxygen atoms in total. The van der Waals surface area contributed by atoms with Crippen molar-refractivity contribution in [1.29, 1.82) is 0 Å². The van der Waals surface area contributed by atoms with Gasteiger partial charge >= 0.3 is 0 Å². The number of nitrogens with two attached hydrogens (primary N) is 2. The fourth-order valence-electron chi connectivity index (χ4n) is 1.62. The van der Waals surface area contributed by atoms with Crippen molar-refractivity contribution in [3.8, 4) is 11.5 Å². The van der Waals surface area contributed by atoms with E-state index in [0.717, 1.165) is 12.0 Å². The molecule has 0 saturated carbocycles. The molecule has 4 N–H and O–H groups in total. The van der Waals surface area contributed by atoms with Gasteiger partial charge < -0.3 is 20.9 Å². The molecule has 1 atom stereocenters. The predicted octanol–water partition coefficient (Wildman–Crippen LogP) is 1.49. The number of hydrogen-bond donors (Lipinski definition) is 2. The number of carbonyl (C=O) groups is 1. The average molecular weight is 287 g/mol. The van der Waals surface area contributed by atoms with Crippen LogP contribution in [0.5, 0.6) is 11.5 Å². The molecule has 1 unspecified atom stereocenters. The van der Waals surface area contributed by atoms with Crippen molar-refractivity contribution in [3.63, 3.8) is 0 Å². The number of hydrogen-bond acceptors (Lipinski definition) is 4. The maximum Gasteiger partial charge on any atom is 0.255 e. The zero-order valence-electron chi connectivity index (χ0n) is 11.1. The van der Waals surface area contributed by atoms with Crippen molar-refractivity contribution in [2.45, 2.75) is 25.8 Å². The van der Waals surface area contributed by atoms with Gasteiger partial charge in [0.1, 0.15) is 0 Å². The summed E-state index contributed by atoms with van der Waals surface area (Å²) < 4.78 is 10.5. The highest BCUT2D eigenvalue weighted by Gasteiger charge is 2.14. The third kappa shape index (κ3) is 4.61. The average Bonchev–Trinajstić information content (AvgIpc) is 2.36. The maximum absolute atomic E-state index is 10.7. The van der Waals surface area contributed by atoms with E-state index in [9.17, 15) is 4.79 Å². The van der Waals surface area contributed by atoms with Crippen LogP contribution in [0, 0.1) is 0 Å². The molecule has 0 fully saturated rings. The van der Waals surface area contributed by atoms with Crippen LogP contribution < -0.4 is 20.9 Å². The molecule has 1 rings (SSSR count). The van der Waals surface area contributed by atoms with Gasteiger partial charge in [0.2, 0.25) is 0 Å². The summed E-state index contributed by atoms with van der Waals surface area (Å²) in [5, 5.41) is 0.374. The quantitative estimate of drug-likeness (QED) is 0.795. The summed E-state index contributed by atoms with van der Waals surface area (Å²) in [4.78, 5) is 10.7. The summed E-state index contributed by atoms with van der Waals surface area (Å²) in [6, 6.07) is 3.63. The van der Waals surface area contributed by atoms with Gasteiger partial charge in [-0.15, -0.1) is 0 Å². The van der Waals surface area contributed by atoms with Crippen molar-refractivity contribution in [1.82, 2.24) is 0 Å². The third-order valence-corrected chi connectivity index (χ3v) is 2.95. The lowest BCUT2D eigenvalue weighted by Crippen LogP contribution is -2.22. The van der Waals surface area contributed by atoms with Crippen LogP contribution >= 0.6 is 11.6 Å². The first-order chi connectivity index (χ1) is 8.97. The Kier molecular flexibility index (Phi) is 5.92. The summed E-state index contributed by atoms with van der Waals surface area (Å²) in [6.45, 7) is 1.78. The van der Waals surface area contributed by atoms with Gasteiger partial charge in [-0.25, -0.2) is 0 Å². The Balaban J connectivity index is 2.97. The van der Waals surface area contributed by atoms with Gasteiger partial charge in [-0.05, 0) is 30.5 Å². The van der Waals surface area contributed by atoms with Gasteiger partial charge in [0.15, 0.2) is 18.1 Å². The Bertz CT molecular complexity index is 452. The second kappa shape index (κ2) is 7.21. The Morgan fingerprint density at radius 2 is 2.16 bits per heavy atom. The van der Waals surface area contributed by atoms with Gasteiger partial charge in [-0.2, -0.15) is 0 Å². The number of carbonyl (C=O) groups excluding carboxylic acids is 1. The summed E-state index contributed by atoms with van der Waals surface area (Å²) in [7, 11) is 1.51. The Labute approximate surface area is 117 Å². The minimum atomic E-state index is -0.574. The molecule has 0 aliphatic rings. The standard InChI is InChI=1S/C13H19ClN2O3/c1-3-9(15)4-8-5-10(14)13(11(6-8)18-2)19-7-12(16)17/h5-6,9H,3-4,7,15H2,1-2H3,(H2,16,17). The first-order valence-electron chi connectivity index (χ1n) is 6.01. The van der Waals surface area contributed by atoms with E-state index in [4.69, 9.17) is 32.5 Å². The van der Waals surface area contributed by atoms with Crippen molar-refractivity contribution in [2.24, 2.45) is 11.5 Å². The zero-order valence-corrected chi connectivity index (χ0v) is 11.9. The summed E-state index contributed by atoms with van der Waals surface area (Å²) >= 11 is 6.13. The molecule has 1 aromatic carbocycles. The van der Waals surface area contributed by atoms with Gasteiger partial charge in [0.25, 0.3) is 5.91 Å². The van der Waals surface area contributed by atoms with E-state index >= 15 is 0 Å². The zero-order chi connectivity index (χ0) is 14.4. The number of rotatable bonds is 7. The molecule has 106 valence electrons. The van der Waals surface area contributed by atoms with E-state index in [1.54, 1.807) is 12.1 Å². The molecule has 19 heavy (non-hydrogen) atoms. The number of halogens is 1. The highest BCUT2D eigenvalue weighted by molar-refractivity contribution is 6.32. The van der Waals surface area contributed by atoms with Gasteiger partial charge in [-0.1, -0.05) is 18.5 Å². The molecule has 0 aliphatic carbocycles. The molecule has 0 radical (unpaired) electrons. The number of ether oxygens (including phenoxy) is 2. The molecule has 1 aromatic rings. The van der Waals surface area contributed by atoms with Crippen LogP contribution in [-0.4, -0.2) is 25.7 Å². The van der Waals surface area contributed by atoms with E-state index in [2.05, 4.69) is 0 Å². The molecule has 1 amide bonds. The van der Waals surface area contributed by atoms with Crippen molar-refractivity contribution < 1.29 is 14.3 Å². The largest absolute Gasteiger partial charge is 0.493 e. The lowest BCUT2D eigenvalue weighted by Gasteiger charge is -2.15. The van der Waals surface area contributed by atoms with Gasteiger partial charge in [0.05, 0.1) is 12.1 Å². The summed E-state index contributed by atoms with van der Waals surface area (Å²) in [5.41, 5.74) is 11.9. The molecule has 6 heteroatoms. The van der Waals surface area contributed by atoms with Crippen molar-refractivity contribution in [3.05, 3.63) is 22.7 Å². The van der Waals surface area contributed by atoms with Crippen molar-refractivity contribution in [2.75, 3.05) is 13.7 Å². The Morgan fingerprint density at radius 3 is 2.68 bits per heavy atom. The van der Waals surface area contributed by atoms with Gasteiger partial charge in [-0.3, -0.25) is 4.79 Å². The smallest absolute Gasteiger partial charge is 0.255 e. The predicted molar refractivity (Wildman–Crippen MR) is 74.7 cm³/mol. The maximum atomic E-state index is 10.7. The monoisotopic (exact) mass is 286 g/mol. The van der Waals surface area contributed by atoms with E-state index in [1.807, 2.05) is 6.92 Å². The lowest BCUT2D eigenvalue weighted by molar-refractivity contribution is -0.119. The number of primary amides is 1. The fraction of sp³-hybridized carbons (Fsp3) is 0.462. The SMILES string of the molecule is CCC(N)Cc1cc(Cl)c(OCC(N)=O)c(OC)c1. The number of amides is 1. The highest BCUT2D eigenvalue weighted by atomic mass is 35.5. The van der Waals surface area contributed by atoms with E-state index in [-0.39, 0.29) is 12.6 Å². The Hall–Kier alpha value is -1.46. The molecule has 0 saturated heterocycles. The minimum Gasteiger partial charge on any atom is -0.493 e. The van der Waals surface area contributed by atoms with E-state index < -0.39 is 5.91 Å². The Morgan fingerprint density at radius 1 is 1.47 bits per heavy atom. The molecular formula is C13H19ClN2O3. The van der Waals surface area contributed by atoms with E-state index in [0.29, 0.717) is 22.9 Å². The number of benzene rings is 1. The summed E-state index contributed by atoms with van der Waals surface area (Å²) in [5.74, 6) is 0.207. The third-order valence-electron chi connectivity index (χ3n) is 2.67. The van der Waals surface area contributed by atoms with Crippen LogP contribution in [0.3, 0.4) is 0 Å². The minimum absolute atomic E-state index is 0.0677.